The number of amides is 1. The van der Waals surface area contributed by atoms with Crippen LogP contribution in [0.15, 0.2) is 52.7 Å². The standard InChI is InChI=1S/C22H21ClN2O5S3/c1-30-22(27)20-16(13-17(31-20)14-5-3-2-4-6-14)24-21(26)15-9-11-25(12-10-15)33(28,29)19-8-7-18(23)32-19/h2-8,13,15H,9-12H2,1H3,(H,24,26). The van der Waals surface area contributed by atoms with Gasteiger partial charge in [-0.05, 0) is 36.6 Å². The molecule has 1 N–H and O–H groups in total. The molecule has 1 fully saturated rings. The number of piperidine rings is 1. The topological polar surface area (TPSA) is 92.8 Å². The van der Waals surface area contributed by atoms with Crippen molar-refractivity contribution in [1.29, 1.82) is 0 Å². The molecular weight excluding hydrogens is 504 g/mol. The molecule has 1 aliphatic rings. The second-order valence-corrected chi connectivity index (χ2v) is 12.4. The molecule has 33 heavy (non-hydrogen) atoms. The average Bonchev–Trinajstić information content (AvgIpc) is 3.46. The molecule has 0 spiro atoms. The van der Waals surface area contributed by atoms with Gasteiger partial charge in [-0.2, -0.15) is 4.31 Å². The van der Waals surface area contributed by atoms with E-state index in [0.29, 0.717) is 27.7 Å². The first-order valence-corrected chi connectivity index (χ1v) is 13.6. The summed E-state index contributed by atoms with van der Waals surface area (Å²) in [6.07, 6.45) is 0.765. The number of nitrogens with zero attached hydrogens (tertiary/aromatic N) is 1. The number of rotatable bonds is 6. The highest BCUT2D eigenvalue weighted by atomic mass is 35.5. The van der Waals surface area contributed by atoms with Gasteiger partial charge in [-0.15, -0.1) is 22.7 Å². The Morgan fingerprint density at radius 3 is 2.39 bits per heavy atom. The number of nitrogens with one attached hydrogen (secondary N) is 1. The van der Waals surface area contributed by atoms with Crippen molar-refractivity contribution in [2.24, 2.45) is 5.92 Å². The van der Waals surface area contributed by atoms with Crippen LogP contribution >= 0.6 is 34.3 Å². The van der Waals surface area contributed by atoms with Crippen LogP contribution in [0, 0.1) is 5.92 Å². The third-order valence-electron chi connectivity index (χ3n) is 5.39. The molecule has 0 saturated carbocycles. The maximum Gasteiger partial charge on any atom is 0.350 e. The summed E-state index contributed by atoms with van der Waals surface area (Å²) in [7, 11) is -2.32. The van der Waals surface area contributed by atoms with Crippen LogP contribution in [-0.4, -0.2) is 44.8 Å². The van der Waals surface area contributed by atoms with Crippen LogP contribution < -0.4 is 5.32 Å². The van der Waals surface area contributed by atoms with E-state index in [1.165, 1.54) is 28.8 Å². The summed E-state index contributed by atoms with van der Waals surface area (Å²) in [5.41, 5.74) is 1.33. The van der Waals surface area contributed by atoms with E-state index in [1.807, 2.05) is 30.3 Å². The first-order valence-electron chi connectivity index (χ1n) is 10.1. The minimum atomic E-state index is -3.62. The van der Waals surface area contributed by atoms with Gasteiger partial charge >= 0.3 is 5.97 Å². The van der Waals surface area contributed by atoms with Crippen molar-refractivity contribution in [3.63, 3.8) is 0 Å². The number of ether oxygens (including phenoxy) is 1. The molecule has 1 aromatic carbocycles. The molecule has 0 aliphatic carbocycles. The van der Waals surface area contributed by atoms with E-state index in [9.17, 15) is 18.0 Å². The Morgan fingerprint density at radius 2 is 1.79 bits per heavy atom. The maximum atomic E-state index is 13.0. The zero-order chi connectivity index (χ0) is 23.6. The second-order valence-electron chi connectivity index (χ2n) is 7.44. The molecule has 174 valence electrons. The zero-order valence-corrected chi connectivity index (χ0v) is 20.8. The van der Waals surface area contributed by atoms with Crippen LogP contribution in [0.4, 0.5) is 5.69 Å². The molecule has 1 aliphatic heterocycles. The normalized spacial score (nSPS) is 15.3. The second kappa shape index (κ2) is 9.94. The molecule has 0 bridgehead atoms. The Kier molecular flexibility index (Phi) is 7.20. The van der Waals surface area contributed by atoms with E-state index >= 15 is 0 Å². The highest BCUT2D eigenvalue weighted by Crippen LogP contribution is 2.36. The minimum absolute atomic E-state index is 0.199. The predicted molar refractivity (Wildman–Crippen MR) is 131 cm³/mol. The lowest BCUT2D eigenvalue weighted by Gasteiger charge is -2.30. The molecular formula is C22H21ClN2O5S3. The molecule has 7 nitrogen and oxygen atoms in total. The van der Waals surface area contributed by atoms with Gasteiger partial charge in [-0.1, -0.05) is 41.9 Å². The van der Waals surface area contributed by atoms with Crippen LogP contribution in [0.25, 0.3) is 10.4 Å². The van der Waals surface area contributed by atoms with Crippen molar-refractivity contribution in [3.8, 4) is 10.4 Å². The molecule has 0 radical (unpaired) electrons. The molecule has 1 saturated heterocycles. The van der Waals surface area contributed by atoms with E-state index in [-0.39, 0.29) is 29.1 Å². The number of thiophene rings is 2. The fourth-order valence-electron chi connectivity index (χ4n) is 3.63. The van der Waals surface area contributed by atoms with Crippen LogP contribution in [-0.2, 0) is 19.6 Å². The smallest absolute Gasteiger partial charge is 0.350 e. The van der Waals surface area contributed by atoms with Gasteiger partial charge in [0.1, 0.15) is 9.09 Å². The molecule has 2 aromatic heterocycles. The van der Waals surface area contributed by atoms with Gasteiger partial charge in [0.15, 0.2) is 0 Å². The van der Waals surface area contributed by atoms with E-state index in [2.05, 4.69) is 5.32 Å². The summed E-state index contributed by atoms with van der Waals surface area (Å²) in [6.45, 7) is 0.470. The van der Waals surface area contributed by atoms with Crippen LogP contribution in [0.2, 0.25) is 4.34 Å². The molecule has 0 atom stereocenters. The van der Waals surface area contributed by atoms with Crippen LogP contribution in [0.1, 0.15) is 22.5 Å². The lowest BCUT2D eigenvalue weighted by molar-refractivity contribution is -0.120. The highest BCUT2D eigenvalue weighted by molar-refractivity contribution is 7.91. The fraction of sp³-hybridized carbons (Fsp3) is 0.273. The predicted octanol–water partition coefficient (Wildman–Crippen LogP) is 4.96. The molecule has 3 heterocycles. The third kappa shape index (κ3) is 5.15. The molecule has 4 rings (SSSR count). The van der Waals surface area contributed by atoms with Gasteiger partial charge in [0.05, 0.1) is 17.1 Å². The number of halogens is 1. The van der Waals surface area contributed by atoms with Gasteiger partial charge < -0.3 is 10.1 Å². The van der Waals surface area contributed by atoms with E-state index in [0.717, 1.165) is 21.8 Å². The number of benzene rings is 1. The fourth-order valence-corrected chi connectivity index (χ4v) is 7.77. The molecule has 11 heteroatoms. The number of carbonyl (C=O) groups excluding carboxylic acids is 2. The Balaban J connectivity index is 1.46. The molecule has 3 aromatic rings. The number of anilines is 1. The maximum absolute atomic E-state index is 13.0. The lowest BCUT2D eigenvalue weighted by Crippen LogP contribution is -2.41. The number of esters is 1. The van der Waals surface area contributed by atoms with E-state index in [4.69, 9.17) is 16.3 Å². The quantitative estimate of drug-likeness (QED) is 0.460. The zero-order valence-electron chi connectivity index (χ0n) is 17.6. The van der Waals surface area contributed by atoms with E-state index < -0.39 is 16.0 Å². The van der Waals surface area contributed by atoms with Crippen molar-refractivity contribution in [2.45, 2.75) is 17.1 Å². The SMILES string of the molecule is COC(=O)c1sc(-c2ccccc2)cc1NC(=O)C1CCN(S(=O)(=O)c2ccc(Cl)s2)CC1. The summed E-state index contributed by atoms with van der Waals surface area (Å²) >= 11 is 8.15. The van der Waals surface area contributed by atoms with Gasteiger partial charge in [-0.3, -0.25) is 4.79 Å². The first kappa shape index (κ1) is 23.9. The monoisotopic (exact) mass is 524 g/mol. The lowest BCUT2D eigenvalue weighted by atomic mass is 9.97. The largest absolute Gasteiger partial charge is 0.465 e. The number of sulfonamides is 1. The summed E-state index contributed by atoms with van der Waals surface area (Å²) in [5, 5.41) is 2.86. The van der Waals surface area contributed by atoms with Gasteiger partial charge in [0, 0.05) is 23.9 Å². The van der Waals surface area contributed by atoms with Crippen molar-refractivity contribution in [1.82, 2.24) is 4.31 Å². The Morgan fingerprint density at radius 1 is 1.09 bits per heavy atom. The summed E-state index contributed by atoms with van der Waals surface area (Å²) < 4.78 is 32.5. The third-order valence-corrected chi connectivity index (χ3v) is 10.1. The van der Waals surface area contributed by atoms with Gasteiger partial charge in [0.2, 0.25) is 5.91 Å². The van der Waals surface area contributed by atoms with Crippen molar-refractivity contribution in [3.05, 3.63) is 57.7 Å². The van der Waals surface area contributed by atoms with Crippen LogP contribution in [0.3, 0.4) is 0 Å². The minimum Gasteiger partial charge on any atom is -0.465 e. The van der Waals surface area contributed by atoms with Gasteiger partial charge in [0.25, 0.3) is 10.0 Å². The number of carbonyl (C=O) groups is 2. The molecule has 0 unspecified atom stereocenters. The van der Waals surface area contributed by atoms with Crippen LogP contribution in [0.5, 0.6) is 0 Å². The van der Waals surface area contributed by atoms with Crippen molar-refractivity contribution in [2.75, 3.05) is 25.5 Å². The summed E-state index contributed by atoms with van der Waals surface area (Å²) in [4.78, 5) is 26.4. The summed E-state index contributed by atoms with van der Waals surface area (Å²) in [5.74, 6) is -1.13. The van der Waals surface area contributed by atoms with Gasteiger partial charge in [-0.25, -0.2) is 13.2 Å². The Bertz CT molecular complexity index is 1260. The van der Waals surface area contributed by atoms with Crippen molar-refractivity contribution < 1.29 is 22.7 Å². The summed E-state index contributed by atoms with van der Waals surface area (Å²) in [6, 6.07) is 14.4. The highest BCUT2D eigenvalue weighted by Gasteiger charge is 2.33. The first-order chi connectivity index (χ1) is 15.8. The van der Waals surface area contributed by atoms with E-state index in [1.54, 1.807) is 12.1 Å². The van der Waals surface area contributed by atoms with Crippen molar-refractivity contribution >= 4 is 61.9 Å². The number of methoxy groups -OCH3 is 1. The Hall–Kier alpha value is -2.24. The number of hydrogen-bond donors (Lipinski definition) is 1. The molecule has 1 amide bonds. The Labute approximate surface area is 205 Å². The average molecular weight is 525 g/mol. The number of hydrogen-bond acceptors (Lipinski definition) is 7.